The van der Waals surface area contributed by atoms with Crippen molar-refractivity contribution in [3.8, 4) is 0 Å². The van der Waals surface area contributed by atoms with E-state index in [4.69, 9.17) is 0 Å². The van der Waals surface area contributed by atoms with Gasteiger partial charge in [-0.1, -0.05) is 32.0 Å². The van der Waals surface area contributed by atoms with Gasteiger partial charge in [0, 0.05) is 5.92 Å². The molecule has 2 aromatic rings. The second-order valence-electron chi connectivity index (χ2n) is 4.52. The Morgan fingerprint density at radius 1 is 0.889 bits per heavy atom. The first-order valence-corrected chi connectivity index (χ1v) is 6.15. The molecular weight excluding hydrogens is 230 g/mol. The van der Waals surface area contributed by atoms with Gasteiger partial charge in [0.05, 0.1) is 0 Å². The molecule has 0 radical (unpaired) electrons. The van der Waals surface area contributed by atoms with Crippen molar-refractivity contribution in [2.75, 3.05) is 0 Å². The molecular formula is C16H16F2. The van der Waals surface area contributed by atoms with E-state index in [-0.39, 0.29) is 17.6 Å². The summed E-state index contributed by atoms with van der Waals surface area (Å²) < 4.78 is 26.4. The maximum atomic E-state index is 13.5. The average molecular weight is 246 g/mol. The van der Waals surface area contributed by atoms with Crippen molar-refractivity contribution >= 4 is 0 Å². The molecule has 1 unspecified atom stereocenters. The van der Waals surface area contributed by atoms with Crippen LogP contribution in [0.25, 0.3) is 0 Å². The fourth-order valence-electron chi connectivity index (χ4n) is 2.07. The van der Waals surface area contributed by atoms with Gasteiger partial charge in [0.15, 0.2) is 0 Å². The number of hydrogen-bond donors (Lipinski definition) is 0. The van der Waals surface area contributed by atoms with Gasteiger partial charge in [0.2, 0.25) is 0 Å². The van der Waals surface area contributed by atoms with Gasteiger partial charge in [-0.2, -0.15) is 0 Å². The molecule has 0 bridgehead atoms. The molecule has 2 rings (SSSR count). The Morgan fingerprint density at radius 2 is 1.56 bits per heavy atom. The number of rotatable bonds is 3. The SMILES string of the molecule is CCc1cc(F)cc(C(C)c2ccc(F)cc2)c1. The minimum atomic E-state index is -0.251. The minimum absolute atomic E-state index is 0.0617. The van der Waals surface area contributed by atoms with Crippen molar-refractivity contribution in [1.29, 1.82) is 0 Å². The molecule has 0 nitrogen and oxygen atoms in total. The van der Waals surface area contributed by atoms with Crippen LogP contribution in [0.4, 0.5) is 8.78 Å². The summed E-state index contributed by atoms with van der Waals surface area (Å²) in [6.45, 7) is 4.00. The summed E-state index contributed by atoms with van der Waals surface area (Å²) in [6, 6.07) is 11.5. The third-order valence-corrected chi connectivity index (χ3v) is 3.26. The van der Waals surface area contributed by atoms with E-state index in [1.807, 2.05) is 19.9 Å². The highest BCUT2D eigenvalue weighted by Gasteiger charge is 2.10. The van der Waals surface area contributed by atoms with E-state index in [0.29, 0.717) is 0 Å². The van der Waals surface area contributed by atoms with Gasteiger partial charge in [0.25, 0.3) is 0 Å². The lowest BCUT2D eigenvalue weighted by atomic mass is 9.91. The fourth-order valence-corrected chi connectivity index (χ4v) is 2.07. The quantitative estimate of drug-likeness (QED) is 0.737. The number of aryl methyl sites for hydroxylation is 1. The summed E-state index contributed by atoms with van der Waals surface area (Å²) >= 11 is 0. The topological polar surface area (TPSA) is 0 Å². The molecule has 2 heteroatoms. The van der Waals surface area contributed by atoms with Crippen molar-refractivity contribution < 1.29 is 8.78 Å². The highest BCUT2D eigenvalue weighted by Crippen LogP contribution is 2.26. The molecule has 0 heterocycles. The summed E-state index contributed by atoms with van der Waals surface area (Å²) in [6.07, 6.45) is 0.806. The Kier molecular flexibility index (Phi) is 3.75. The zero-order chi connectivity index (χ0) is 13.1. The first-order chi connectivity index (χ1) is 8.60. The van der Waals surface area contributed by atoms with Crippen LogP contribution >= 0.6 is 0 Å². The second-order valence-corrected chi connectivity index (χ2v) is 4.52. The van der Waals surface area contributed by atoms with Crippen LogP contribution in [0.2, 0.25) is 0 Å². The van der Waals surface area contributed by atoms with Gasteiger partial charge < -0.3 is 0 Å². The van der Waals surface area contributed by atoms with E-state index < -0.39 is 0 Å². The van der Waals surface area contributed by atoms with E-state index in [0.717, 1.165) is 23.1 Å². The number of benzene rings is 2. The van der Waals surface area contributed by atoms with Crippen LogP contribution in [0.1, 0.15) is 36.5 Å². The molecule has 94 valence electrons. The van der Waals surface area contributed by atoms with Gasteiger partial charge in [-0.25, -0.2) is 8.78 Å². The Labute approximate surface area is 106 Å². The largest absolute Gasteiger partial charge is 0.207 e. The van der Waals surface area contributed by atoms with Crippen LogP contribution in [-0.2, 0) is 6.42 Å². The van der Waals surface area contributed by atoms with Crippen LogP contribution in [-0.4, -0.2) is 0 Å². The third kappa shape index (κ3) is 2.76. The Morgan fingerprint density at radius 3 is 2.17 bits per heavy atom. The molecule has 0 fully saturated rings. The molecule has 0 aliphatic rings. The van der Waals surface area contributed by atoms with Gasteiger partial charge in [-0.3, -0.25) is 0 Å². The van der Waals surface area contributed by atoms with Crippen molar-refractivity contribution in [1.82, 2.24) is 0 Å². The molecule has 2 aromatic carbocycles. The van der Waals surface area contributed by atoms with Crippen molar-refractivity contribution in [2.45, 2.75) is 26.2 Å². The van der Waals surface area contributed by atoms with Crippen LogP contribution in [0.5, 0.6) is 0 Å². The summed E-state index contributed by atoms with van der Waals surface area (Å²) in [5, 5.41) is 0. The van der Waals surface area contributed by atoms with E-state index in [2.05, 4.69) is 0 Å². The molecule has 0 N–H and O–H groups in total. The highest BCUT2D eigenvalue weighted by atomic mass is 19.1. The summed E-state index contributed by atoms with van der Waals surface area (Å²) in [7, 11) is 0. The maximum Gasteiger partial charge on any atom is 0.123 e. The molecule has 0 amide bonds. The molecule has 1 atom stereocenters. The Bertz CT molecular complexity index is 529. The lowest BCUT2D eigenvalue weighted by molar-refractivity contribution is 0.620. The first kappa shape index (κ1) is 12.7. The number of halogens is 2. The zero-order valence-corrected chi connectivity index (χ0v) is 10.6. The van der Waals surface area contributed by atoms with E-state index in [9.17, 15) is 8.78 Å². The Hall–Kier alpha value is -1.70. The standard InChI is InChI=1S/C16H16F2/c1-3-12-8-14(10-16(18)9-12)11(2)13-4-6-15(17)7-5-13/h4-11H,3H2,1-2H3. The van der Waals surface area contributed by atoms with E-state index in [1.165, 1.54) is 12.1 Å². The molecule has 0 aromatic heterocycles. The van der Waals surface area contributed by atoms with Gasteiger partial charge in [-0.05, 0) is 47.4 Å². The Balaban J connectivity index is 2.35. The molecule has 18 heavy (non-hydrogen) atoms. The third-order valence-electron chi connectivity index (χ3n) is 3.26. The van der Waals surface area contributed by atoms with Gasteiger partial charge >= 0.3 is 0 Å². The molecule has 0 spiro atoms. The van der Waals surface area contributed by atoms with Crippen molar-refractivity contribution in [3.63, 3.8) is 0 Å². The zero-order valence-electron chi connectivity index (χ0n) is 10.6. The molecule has 0 saturated heterocycles. The maximum absolute atomic E-state index is 13.5. The molecule has 0 aliphatic heterocycles. The predicted octanol–water partition coefficient (Wildman–Crippen LogP) is 4.68. The van der Waals surface area contributed by atoms with Crippen LogP contribution in [0.15, 0.2) is 42.5 Å². The van der Waals surface area contributed by atoms with Gasteiger partial charge in [0.1, 0.15) is 11.6 Å². The van der Waals surface area contributed by atoms with E-state index in [1.54, 1.807) is 24.3 Å². The lowest BCUT2D eigenvalue weighted by Gasteiger charge is -2.14. The summed E-state index contributed by atoms with van der Waals surface area (Å²) in [5.74, 6) is -0.399. The van der Waals surface area contributed by atoms with Crippen molar-refractivity contribution in [3.05, 3.63) is 70.8 Å². The number of hydrogen-bond acceptors (Lipinski definition) is 0. The first-order valence-electron chi connectivity index (χ1n) is 6.15. The molecule has 0 aliphatic carbocycles. The summed E-state index contributed by atoms with van der Waals surface area (Å²) in [4.78, 5) is 0. The smallest absolute Gasteiger partial charge is 0.123 e. The fraction of sp³-hybridized carbons (Fsp3) is 0.250. The normalized spacial score (nSPS) is 12.4. The average Bonchev–Trinajstić information content (AvgIpc) is 2.38. The molecule has 0 saturated carbocycles. The monoisotopic (exact) mass is 246 g/mol. The minimum Gasteiger partial charge on any atom is -0.207 e. The van der Waals surface area contributed by atoms with Gasteiger partial charge in [-0.15, -0.1) is 0 Å². The van der Waals surface area contributed by atoms with Crippen LogP contribution in [0.3, 0.4) is 0 Å². The van der Waals surface area contributed by atoms with E-state index >= 15 is 0 Å². The highest BCUT2D eigenvalue weighted by molar-refractivity contribution is 5.34. The van der Waals surface area contributed by atoms with Crippen LogP contribution < -0.4 is 0 Å². The van der Waals surface area contributed by atoms with Crippen molar-refractivity contribution in [2.24, 2.45) is 0 Å². The predicted molar refractivity (Wildman–Crippen MR) is 69.7 cm³/mol. The second kappa shape index (κ2) is 5.30. The summed E-state index contributed by atoms with van der Waals surface area (Å²) in [5.41, 5.74) is 2.90. The van der Waals surface area contributed by atoms with Crippen LogP contribution in [0, 0.1) is 11.6 Å². The lowest BCUT2D eigenvalue weighted by Crippen LogP contribution is -1.98.